The van der Waals surface area contributed by atoms with E-state index >= 15 is 0 Å². The number of nitrogens with zero attached hydrogens (tertiary/aromatic N) is 3. The number of pyridine rings is 1. The summed E-state index contributed by atoms with van der Waals surface area (Å²) < 4.78 is 65.6. The van der Waals surface area contributed by atoms with E-state index in [4.69, 9.17) is 0 Å². The van der Waals surface area contributed by atoms with Gasteiger partial charge in [0, 0.05) is 11.6 Å². The van der Waals surface area contributed by atoms with Gasteiger partial charge in [-0.3, -0.25) is 10.1 Å². The molecule has 0 aliphatic carbocycles. The van der Waals surface area contributed by atoms with Crippen LogP contribution in [0.15, 0.2) is 53.7 Å². The van der Waals surface area contributed by atoms with Gasteiger partial charge in [0.25, 0.3) is 10.0 Å². The zero-order valence-electron chi connectivity index (χ0n) is 12.1. The first-order valence-corrected chi connectivity index (χ1v) is 8.10. The number of aromatic nitrogens is 2. The Morgan fingerprint density at radius 1 is 1.12 bits per heavy atom. The van der Waals surface area contributed by atoms with E-state index in [1.807, 2.05) is 0 Å². The number of alkyl halides is 3. The molecule has 7 nitrogen and oxygen atoms in total. The average Bonchev–Trinajstić information content (AvgIpc) is 2.98. The SMILES string of the molecule is O=[N+]([O-])c1cnc2c(ccn2S(=O)(=O)c2ccccc2)c1C(F)(F)F. The second-order valence-electron chi connectivity index (χ2n) is 4.94. The first kappa shape index (κ1) is 16.9. The van der Waals surface area contributed by atoms with Crippen LogP contribution in [0.4, 0.5) is 18.9 Å². The van der Waals surface area contributed by atoms with Crippen molar-refractivity contribution in [2.24, 2.45) is 0 Å². The summed E-state index contributed by atoms with van der Waals surface area (Å²) in [5.41, 5.74) is -3.32. The number of hydrogen-bond acceptors (Lipinski definition) is 5. The lowest BCUT2D eigenvalue weighted by Gasteiger charge is -2.10. The predicted octanol–water partition coefficient (Wildman–Crippen LogP) is 3.20. The predicted molar refractivity (Wildman–Crippen MR) is 80.4 cm³/mol. The molecule has 130 valence electrons. The highest BCUT2D eigenvalue weighted by Crippen LogP contribution is 2.40. The van der Waals surface area contributed by atoms with E-state index < -0.39 is 43.4 Å². The van der Waals surface area contributed by atoms with E-state index in [0.29, 0.717) is 10.2 Å². The molecule has 2 heterocycles. The molecule has 0 fully saturated rings. The van der Waals surface area contributed by atoms with Gasteiger partial charge in [0.2, 0.25) is 0 Å². The Labute approximate surface area is 138 Å². The summed E-state index contributed by atoms with van der Waals surface area (Å²) in [5, 5.41) is 10.2. The molecule has 0 amide bonds. The van der Waals surface area contributed by atoms with Crippen LogP contribution in [0.2, 0.25) is 0 Å². The third-order valence-corrected chi connectivity index (χ3v) is 5.12. The van der Waals surface area contributed by atoms with Crippen molar-refractivity contribution >= 4 is 26.7 Å². The van der Waals surface area contributed by atoms with E-state index in [1.54, 1.807) is 6.07 Å². The Kier molecular flexibility index (Phi) is 3.75. The third kappa shape index (κ3) is 2.71. The molecule has 25 heavy (non-hydrogen) atoms. The van der Waals surface area contributed by atoms with E-state index in [-0.39, 0.29) is 4.90 Å². The summed E-state index contributed by atoms with van der Waals surface area (Å²) in [6, 6.07) is 7.89. The number of benzene rings is 1. The van der Waals surface area contributed by atoms with Gasteiger partial charge < -0.3 is 0 Å². The van der Waals surface area contributed by atoms with Crippen molar-refractivity contribution in [3.63, 3.8) is 0 Å². The highest BCUT2D eigenvalue weighted by Gasteiger charge is 2.41. The summed E-state index contributed by atoms with van der Waals surface area (Å²) in [4.78, 5) is 13.1. The van der Waals surface area contributed by atoms with Crippen molar-refractivity contribution < 1.29 is 26.5 Å². The maximum atomic E-state index is 13.3. The lowest BCUT2D eigenvalue weighted by Crippen LogP contribution is -2.14. The van der Waals surface area contributed by atoms with E-state index in [1.165, 1.54) is 24.3 Å². The smallest absolute Gasteiger partial charge is 0.258 e. The molecule has 0 bridgehead atoms. The fourth-order valence-electron chi connectivity index (χ4n) is 2.39. The maximum Gasteiger partial charge on any atom is 0.423 e. The zero-order valence-corrected chi connectivity index (χ0v) is 13.0. The Balaban J connectivity index is 2.34. The van der Waals surface area contributed by atoms with Gasteiger partial charge in [0.1, 0.15) is 11.8 Å². The monoisotopic (exact) mass is 371 g/mol. The molecular weight excluding hydrogens is 363 g/mol. The van der Waals surface area contributed by atoms with Crippen LogP contribution in [0.25, 0.3) is 11.0 Å². The van der Waals surface area contributed by atoms with Gasteiger partial charge in [0.05, 0.1) is 9.82 Å². The van der Waals surface area contributed by atoms with Crippen LogP contribution < -0.4 is 0 Å². The lowest BCUT2D eigenvalue weighted by atomic mass is 10.1. The lowest BCUT2D eigenvalue weighted by molar-refractivity contribution is -0.388. The average molecular weight is 371 g/mol. The van der Waals surface area contributed by atoms with Crippen molar-refractivity contribution in [2.45, 2.75) is 11.1 Å². The number of hydrogen-bond donors (Lipinski definition) is 0. The van der Waals surface area contributed by atoms with E-state index in [9.17, 15) is 31.7 Å². The van der Waals surface area contributed by atoms with Crippen LogP contribution >= 0.6 is 0 Å². The highest BCUT2D eigenvalue weighted by atomic mass is 32.2. The van der Waals surface area contributed by atoms with Crippen LogP contribution in [-0.4, -0.2) is 22.3 Å². The summed E-state index contributed by atoms with van der Waals surface area (Å²) in [5.74, 6) is 0. The number of rotatable bonds is 3. The van der Waals surface area contributed by atoms with Gasteiger partial charge in [-0.25, -0.2) is 17.4 Å². The van der Waals surface area contributed by atoms with Crippen LogP contribution in [-0.2, 0) is 16.2 Å². The Bertz CT molecular complexity index is 1080. The molecular formula is C14H8F3N3O4S. The molecule has 0 spiro atoms. The van der Waals surface area contributed by atoms with Gasteiger partial charge in [-0.05, 0) is 18.2 Å². The van der Waals surface area contributed by atoms with E-state index in [2.05, 4.69) is 4.98 Å². The van der Waals surface area contributed by atoms with Crippen molar-refractivity contribution in [3.8, 4) is 0 Å². The van der Waals surface area contributed by atoms with Gasteiger partial charge in [-0.15, -0.1) is 0 Å². The maximum absolute atomic E-state index is 13.3. The standard InChI is InChI=1S/C14H8F3N3O4S/c15-14(16,17)12-10-6-7-19(13(10)18-8-11(12)20(21)22)25(23,24)9-4-2-1-3-5-9/h1-8H. The van der Waals surface area contributed by atoms with Crippen molar-refractivity contribution in [3.05, 3.63) is 64.5 Å². The number of nitro groups is 1. The van der Waals surface area contributed by atoms with Crippen LogP contribution in [0, 0.1) is 10.1 Å². The molecule has 3 aromatic rings. The van der Waals surface area contributed by atoms with Gasteiger partial charge in [0.15, 0.2) is 5.65 Å². The van der Waals surface area contributed by atoms with Crippen LogP contribution in [0.1, 0.15) is 5.56 Å². The third-order valence-electron chi connectivity index (χ3n) is 3.44. The molecule has 0 aliphatic rings. The first-order valence-electron chi connectivity index (χ1n) is 6.66. The molecule has 0 N–H and O–H groups in total. The molecule has 0 radical (unpaired) electrons. The van der Waals surface area contributed by atoms with Crippen molar-refractivity contribution in [1.29, 1.82) is 0 Å². The molecule has 11 heteroatoms. The van der Waals surface area contributed by atoms with Crippen molar-refractivity contribution in [1.82, 2.24) is 8.96 Å². The minimum absolute atomic E-state index is 0.152. The fraction of sp³-hybridized carbons (Fsp3) is 0.0714. The molecule has 0 aliphatic heterocycles. The van der Waals surface area contributed by atoms with Gasteiger partial charge in [-0.1, -0.05) is 18.2 Å². The summed E-state index contributed by atoms with van der Waals surface area (Å²) in [7, 11) is -4.20. The van der Waals surface area contributed by atoms with Crippen molar-refractivity contribution in [2.75, 3.05) is 0 Å². The summed E-state index contributed by atoms with van der Waals surface area (Å²) >= 11 is 0. The molecule has 0 saturated heterocycles. The van der Waals surface area contributed by atoms with Gasteiger partial charge >= 0.3 is 11.9 Å². The second-order valence-corrected chi connectivity index (χ2v) is 6.76. The highest BCUT2D eigenvalue weighted by molar-refractivity contribution is 7.90. The number of fused-ring (bicyclic) bond motifs is 1. The normalized spacial score (nSPS) is 12.4. The quantitative estimate of drug-likeness (QED) is 0.520. The fourth-order valence-corrected chi connectivity index (χ4v) is 3.71. The minimum atomic E-state index is -5.05. The Morgan fingerprint density at radius 2 is 1.76 bits per heavy atom. The van der Waals surface area contributed by atoms with Crippen LogP contribution in [0.3, 0.4) is 0 Å². The first-order chi connectivity index (χ1) is 11.6. The topological polar surface area (TPSA) is 95.1 Å². The van der Waals surface area contributed by atoms with E-state index in [0.717, 1.165) is 12.3 Å². The van der Waals surface area contributed by atoms with Crippen LogP contribution in [0.5, 0.6) is 0 Å². The second kappa shape index (κ2) is 5.55. The number of halogens is 3. The molecule has 2 aromatic heterocycles. The molecule has 0 saturated carbocycles. The van der Waals surface area contributed by atoms with Gasteiger partial charge in [-0.2, -0.15) is 13.2 Å². The molecule has 3 rings (SSSR count). The molecule has 0 atom stereocenters. The molecule has 0 unspecified atom stereocenters. The largest absolute Gasteiger partial charge is 0.423 e. The summed E-state index contributed by atoms with van der Waals surface area (Å²) in [6.45, 7) is 0. The summed E-state index contributed by atoms with van der Waals surface area (Å²) in [6.07, 6.45) is -3.76. The Morgan fingerprint density at radius 3 is 2.32 bits per heavy atom. The Hall–Kier alpha value is -2.95. The molecule has 1 aromatic carbocycles. The zero-order chi connectivity index (χ0) is 18.4. The minimum Gasteiger partial charge on any atom is -0.258 e.